The summed E-state index contributed by atoms with van der Waals surface area (Å²) < 4.78 is 4.71. The van der Waals surface area contributed by atoms with Gasteiger partial charge in [-0.15, -0.1) is 0 Å². The van der Waals surface area contributed by atoms with E-state index < -0.39 is 12.4 Å². The molecule has 10 heteroatoms. The second kappa shape index (κ2) is 17.2. The van der Waals surface area contributed by atoms with Gasteiger partial charge in [-0.1, -0.05) is 53.0 Å². The predicted molar refractivity (Wildman–Crippen MR) is 106 cm³/mol. The van der Waals surface area contributed by atoms with Gasteiger partial charge in [-0.3, -0.25) is 14.4 Å². The van der Waals surface area contributed by atoms with E-state index in [2.05, 4.69) is 19.7 Å². The molecule has 0 spiro atoms. The van der Waals surface area contributed by atoms with Crippen LogP contribution in [0, 0.1) is 0 Å². The number of aldehydes is 1. The lowest BCUT2D eigenvalue weighted by Gasteiger charge is -2.09. The van der Waals surface area contributed by atoms with Crippen molar-refractivity contribution in [3.63, 3.8) is 0 Å². The summed E-state index contributed by atoms with van der Waals surface area (Å²) in [6, 6.07) is 0. The molecular formula is C16H23Cl3O6Si. The number of aliphatic hydroxyl groups is 1. The fourth-order valence-electron chi connectivity index (χ4n) is 1.03. The van der Waals surface area contributed by atoms with Crippen LogP contribution in [-0.2, 0) is 23.6 Å². The Balaban J connectivity index is -0.000000319. The number of Topliss-reactive ketones (excluding diaryl/α,β-unsaturated/α-hetero) is 2. The van der Waals surface area contributed by atoms with Gasteiger partial charge in [0.1, 0.15) is 17.9 Å². The van der Waals surface area contributed by atoms with Crippen molar-refractivity contribution >= 4 is 63.1 Å². The number of halogens is 3. The SMILES string of the molecule is C=CC(=C)O[Si](Cl)(Cl)Cl.C=CC(=O)C[C@@H](O)CC(C)=O.CC(=O)CC=O. The molecule has 0 heterocycles. The third-order valence-corrected chi connectivity index (χ3v) is 3.22. The molecule has 0 aliphatic carbocycles. The highest BCUT2D eigenvalue weighted by molar-refractivity contribution is 7.62. The zero-order chi connectivity index (χ0) is 21.3. The van der Waals surface area contributed by atoms with Crippen LogP contribution in [0.5, 0.6) is 0 Å². The smallest absolute Gasteiger partial charge is 0.508 e. The monoisotopic (exact) mass is 444 g/mol. The quantitative estimate of drug-likeness (QED) is 0.105. The summed E-state index contributed by atoms with van der Waals surface area (Å²) in [5.74, 6) is -0.139. The van der Waals surface area contributed by atoms with Gasteiger partial charge in [-0.2, -0.15) is 0 Å². The third kappa shape index (κ3) is 30.6. The lowest BCUT2D eigenvalue weighted by atomic mass is 10.1. The van der Waals surface area contributed by atoms with Crippen LogP contribution in [0.15, 0.2) is 37.6 Å². The van der Waals surface area contributed by atoms with Gasteiger partial charge in [-0.25, -0.2) is 0 Å². The summed E-state index contributed by atoms with van der Waals surface area (Å²) in [5, 5.41) is 9.03. The molecule has 1 atom stereocenters. The summed E-state index contributed by atoms with van der Waals surface area (Å²) in [7, 11) is 0. The normalized spacial score (nSPS) is 10.5. The maximum Gasteiger partial charge on any atom is 0.555 e. The molecule has 0 aromatic rings. The molecule has 6 nitrogen and oxygen atoms in total. The van der Waals surface area contributed by atoms with Crippen molar-refractivity contribution in [1.82, 2.24) is 0 Å². The molecule has 26 heavy (non-hydrogen) atoms. The van der Waals surface area contributed by atoms with E-state index in [0.717, 1.165) is 6.08 Å². The molecule has 0 aromatic heterocycles. The van der Waals surface area contributed by atoms with Gasteiger partial charge in [-0.05, 0) is 26.0 Å². The Kier molecular flexibility index (Phi) is 19.5. The average Bonchev–Trinajstić information content (AvgIpc) is 2.45. The number of hydrogen-bond donors (Lipinski definition) is 1. The lowest BCUT2D eigenvalue weighted by Crippen LogP contribution is -2.14. The third-order valence-electron chi connectivity index (χ3n) is 2.03. The molecule has 0 bridgehead atoms. The summed E-state index contributed by atoms with van der Waals surface area (Å²) in [5.41, 5.74) is 0. The number of allylic oxidation sites excluding steroid dienone is 2. The number of aliphatic hydroxyl groups excluding tert-OH is 1. The molecule has 0 aromatic carbocycles. The van der Waals surface area contributed by atoms with Crippen molar-refractivity contribution in [3.8, 4) is 0 Å². The Morgan fingerprint density at radius 3 is 1.77 bits per heavy atom. The topological polar surface area (TPSA) is 97.7 Å². The van der Waals surface area contributed by atoms with Crippen LogP contribution in [0.2, 0.25) is 0 Å². The molecule has 0 unspecified atom stereocenters. The van der Waals surface area contributed by atoms with Crippen LogP contribution in [0.1, 0.15) is 33.1 Å². The molecule has 148 valence electrons. The standard InChI is InChI=1S/C8H12O3.C4H5Cl3OSi.C4H6O2/c1-3-7(10)5-8(11)4-6(2)9;1-3-4(2)8-9(5,6)7;1-4(6)2-3-5/h3,8,11H,1,4-5H2,2H3;3H,1-2H2;3H,2H2,1H3/t8-;;/m0../s1. The van der Waals surface area contributed by atoms with Crippen molar-refractivity contribution < 1.29 is 28.7 Å². The van der Waals surface area contributed by atoms with Gasteiger partial charge < -0.3 is 14.3 Å². The van der Waals surface area contributed by atoms with Crippen LogP contribution >= 0.6 is 33.2 Å². The molecule has 0 amide bonds. The van der Waals surface area contributed by atoms with Crippen molar-refractivity contribution in [1.29, 1.82) is 0 Å². The van der Waals surface area contributed by atoms with E-state index >= 15 is 0 Å². The summed E-state index contributed by atoms with van der Waals surface area (Å²) in [6.07, 6.45) is -0.633. The summed E-state index contributed by atoms with van der Waals surface area (Å²) in [6.45, 7) is 12.8. The molecule has 0 saturated heterocycles. The van der Waals surface area contributed by atoms with E-state index in [1.807, 2.05) is 0 Å². The minimum Gasteiger partial charge on any atom is -0.508 e. The van der Waals surface area contributed by atoms with E-state index in [0.29, 0.717) is 12.0 Å². The second-order valence-corrected chi connectivity index (χ2v) is 12.4. The minimum atomic E-state index is -3.00. The molecule has 0 rings (SSSR count). The first-order valence-electron chi connectivity index (χ1n) is 7.11. The van der Waals surface area contributed by atoms with Crippen molar-refractivity contribution in [2.24, 2.45) is 0 Å². The zero-order valence-electron chi connectivity index (χ0n) is 14.7. The second-order valence-electron chi connectivity index (χ2n) is 4.73. The Morgan fingerprint density at radius 1 is 1.08 bits per heavy atom. The van der Waals surface area contributed by atoms with Crippen LogP contribution in [0.4, 0.5) is 0 Å². The highest BCUT2D eigenvalue weighted by atomic mass is 35.8. The highest BCUT2D eigenvalue weighted by Crippen LogP contribution is 2.23. The largest absolute Gasteiger partial charge is 0.555 e. The number of hydrogen-bond acceptors (Lipinski definition) is 6. The Labute approximate surface area is 168 Å². The van der Waals surface area contributed by atoms with Crippen molar-refractivity contribution in [2.45, 2.75) is 39.2 Å². The van der Waals surface area contributed by atoms with Crippen LogP contribution in [0.3, 0.4) is 0 Å². The van der Waals surface area contributed by atoms with Crippen molar-refractivity contribution in [3.05, 3.63) is 37.6 Å². The van der Waals surface area contributed by atoms with Gasteiger partial charge in [0.15, 0.2) is 5.78 Å². The molecule has 0 saturated carbocycles. The number of rotatable bonds is 10. The minimum absolute atomic E-state index is 0.0108. The fraction of sp³-hybridized carbons (Fsp3) is 0.375. The van der Waals surface area contributed by atoms with Gasteiger partial charge in [0.2, 0.25) is 0 Å². The number of ketones is 3. The Bertz CT molecular complexity index is 515. The van der Waals surface area contributed by atoms with Crippen molar-refractivity contribution in [2.75, 3.05) is 0 Å². The van der Waals surface area contributed by atoms with E-state index in [4.69, 9.17) is 42.8 Å². The number of carbonyl (C=O) groups is 4. The Hall–Kier alpha value is -1.25. The molecule has 0 fully saturated rings. The molecule has 0 aliphatic rings. The van der Waals surface area contributed by atoms with Crippen LogP contribution in [0.25, 0.3) is 0 Å². The maximum absolute atomic E-state index is 10.6. The van der Waals surface area contributed by atoms with Gasteiger partial charge >= 0.3 is 6.25 Å². The van der Waals surface area contributed by atoms with Gasteiger partial charge in [0.05, 0.1) is 18.3 Å². The van der Waals surface area contributed by atoms with E-state index in [1.54, 1.807) is 0 Å². The summed E-state index contributed by atoms with van der Waals surface area (Å²) >= 11 is 16.0. The molecule has 0 aliphatic heterocycles. The lowest BCUT2D eigenvalue weighted by molar-refractivity contribution is -0.122. The van der Waals surface area contributed by atoms with Gasteiger partial charge in [0.25, 0.3) is 0 Å². The molecular weight excluding hydrogens is 423 g/mol. The van der Waals surface area contributed by atoms with E-state index in [9.17, 15) is 19.2 Å². The zero-order valence-corrected chi connectivity index (χ0v) is 17.9. The maximum atomic E-state index is 10.6. The van der Waals surface area contributed by atoms with Gasteiger partial charge in [0, 0.05) is 12.8 Å². The average molecular weight is 446 g/mol. The predicted octanol–water partition coefficient (Wildman–Crippen LogP) is 3.49. The molecule has 1 N–H and O–H groups in total. The van der Waals surface area contributed by atoms with Crippen LogP contribution in [-0.4, -0.2) is 41.1 Å². The molecule has 0 radical (unpaired) electrons. The number of carbonyl (C=O) groups excluding carboxylic acids is 4. The fourth-order valence-corrected chi connectivity index (χ4v) is 2.30. The highest BCUT2D eigenvalue weighted by Gasteiger charge is 2.29. The van der Waals surface area contributed by atoms with Crippen LogP contribution < -0.4 is 0 Å². The Morgan fingerprint density at radius 2 is 1.58 bits per heavy atom. The van der Waals surface area contributed by atoms with E-state index in [1.165, 1.54) is 19.9 Å². The first-order valence-corrected chi connectivity index (χ1v) is 12.1. The van der Waals surface area contributed by atoms with E-state index in [-0.39, 0.29) is 36.6 Å². The first-order chi connectivity index (χ1) is 11.8. The first kappa shape index (κ1) is 29.5. The summed E-state index contributed by atoms with van der Waals surface area (Å²) in [4.78, 5) is 40.2.